The number of alkyl halides is 3. The Balaban J connectivity index is 1.89. The molecule has 0 spiro atoms. The molecule has 33 heavy (non-hydrogen) atoms. The number of fused-ring (bicyclic) bond motifs is 1. The molecule has 1 atom stereocenters. The minimum absolute atomic E-state index is 0.00962. The summed E-state index contributed by atoms with van der Waals surface area (Å²) in [6.45, 7) is 1.72. The fourth-order valence-corrected chi connectivity index (χ4v) is 3.44. The summed E-state index contributed by atoms with van der Waals surface area (Å²) in [7, 11) is 2.02. The van der Waals surface area contributed by atoms with E-state index in [2.05, 4.69) is 20.2 Å². The first-order valence-corrected chi connectivity index (χ1v) is 9.66. The Labute approximate surface area is 185 Å². The number of halogens is 3. The third kappa shape index (κ3) is 3.78. The number of nitrogens with zero attached hydrogens (tertiary/aromatic N) is 4. The van der Waals surface area contributed by atoms with Crippen molar-refractivity contribution in [2.45, 2.75) is 18.9 Å². The van der Waals surface area contributed by atoms with Crippen LogP contribution in [0.4, 0.5) is 13.2 Å². The van der Waals surface area contributed by atoms with Gasteiger partial charge in [0.25, 0.3) is 5.91 Å². The Morgan fingerprint density at radius 1 is 1.09 bits per heavy atom. The Morgan fingerprint density at radius 2 is 1.82 bits per heavy atom. The molecule has 172 valence electrons. The van der Waals surface area contributed by atoms with Crippen LogP contribution in [0.2, 0.25) is 0 Å². The Bertz CT molecular complexity index is 1300. The monoisotopic (exact) mass is 460 g/mol. The van der Waals surface area contributed by atoms with Crippen molar-refractivity contribution in [3.63, 3.8) is 0 Å². The molecule has 0 aliphatic carbocycles. The summed E-state index contributed by atoms with van der Waals surface area (Å²) in [6.07, 6.45) is -5.09. The summed E-state index contributed by atoms with van der Waals surface area (Å²) in [6, 6.07) is 11.5. The number of benzene rings is 2. The van der Waals surface area contributed by atoms with E-state index in [4.69, 9.17) is 9.47 Å². The van der Waals surface area contributed by atoms with Crippen molar-refractivity contribution in [2.75, 3.05) is 14.2 Å². The lowest BCUT2D eigenvalue weighted by molar-refractivity contribution is -0.317. The number of H-pyrrole nitrogens is 1. The molecule has 2 N–H and O–H groups in total. The average molecular weight is 460 g/mol. The zero-order chi connectivity index (χ0) is 23.8. The number of aryl methyl sites for hydroxylation is 1. The predicted molar refractivity (Wildman–Crippen MR) is 111 cm³/mol. The van der Waals surface area contributed by atoms with Gasteiger partial charge in [0.1, 0.15) is 5.82 Å². The van der Waals surface area contributed by atoms with Gasteiger partial charge in [0.2, 0.25) is 0 Å². The molecule has 0 saturated carbocycles. The maximum absolute atomic E-state index is 14.5. The number of aromatic amines is 1. The Morgan fingerprint density at radius 3 is 2.39 bits per heavy atom. The quantitative estimate of drug-likeness (QED) is 0.427. The molecule has 0 bridgehead atoms. The number of ether oxygens (including phenoxy) is 2. The van der Waals surface area contributed by atoms with E-state index in [1.54, 1.807) is 19.1 Å². The molecule has 0 saturated heterocycles. The normalized spacial score (nSPS) is 13.6. The predicted octanol–water partition coefficient (Wildman–Crippen LogP) is 3.39. The zero-order valence-electron chi connectivity index (χ0n) is 17.8. The number of hydrogen-bond acceptors (Lipinski definition) is 6. The highest BCUT2D eigenvalue weighted by atomic mass is 19.4. The molecule has 0 aliphatic heterocycles. The lowest BCUT2D eigenvalue weighted by atomic mass is 10.1. The first-order chi connectivity index (χ1) is 15.7. The lowest BCUT2D eigenvalue weighted by Gasteiger charge is -2.36. The molecule has 2 aromatic carbocycles. The van der Waals surface area contributed by atoms with Gasteiger partial charge in [0, 0.05) is 18.2 Å². The first kappa shape index (κ1) is 22.3. The number of aromatic nitrogens is 5. The maximum Gasteiger partial charge on any atom is 0.459 e. The summed E-state index contributed by atoms with van der Waals surface area (Å²) < 4.78 is 54.4. The molecule has 0 fully saturated rings. The second-order valence-electron chi connectivity index (χ2n) is 7.05. The molecular weight excluding hydrogens is 441 g/mol. The largest absolute Gasteiger partial charge is 0.468 e. The van der Waals surface area contributed by atoms with Crippen molar-refractivity contribution in [3.05, 3.63) is 59.9 Å². The van der Waals surface area contributed by atoms with Gasteiger partial charge in [-0.05, 0) is 37.3 Å². The van der Waals surface area contributed by atoms with Gasteiger partial charge in [-0.3, -0.25) is 15.2 Å². The highest BCUT2D eigenvalue weighted by Gasteiger charge is 2.61. The molecule has 1 amide bonds. The summed E-state index contributed by atoms with van der Waals surface area (Å²) in [5.41, 5.74) is 0.721. The summed E-state index contributed by atoms with van der Waals surface area (Å²) in [5.74, 6) is -3.36. The second kappa shape index (κ2) is 8.20. The number of methoxy groups -OCH3 is 2. The van der Waals surface area contributed by atoms with E-state index in [0.717, 1.165) is 7.11 Å². The highest BCUT2D eigenvalue weighted by molar-refractivity contribution is 5.94. The molecule has 1 unspecified atom stereocenters. The molecule has 0 radical (unpaired) electrons. The van der Waals surface area contributed by atoms with E-state index in [1.165, 1.54) is 43.5 Å². The minimum atomic E-state index is -5.09. The number of carbonyl (C=O) groups excluding carboxylic acids is 1. The number of rotatable bonds is 6. The van der Waals surface area contributed by atoms with Gasteiger partial charge in [-0.2, -0.15) is 23.3 Å². The number of nitrogens with one attached hydrogen (secondary N) is 2. The molecule has 2 heterocycles. The molecule has 2 aromatic heterocycles. The van der Waals surface area contributed by atoms with Crippen LogP contribution in [0.5, 0.6) is 6.01 Å². The number of imidazole rings is 1. The van der Waals surface area contributed by atoms with Crippen LogP contribution in [0.15, 0.2) is 48.5 Å². The van der Waals surface area contributed by atoms with Crippen molar-refractivity contribution in [2.24, 2.45) is 0 Å². The maximum atomic E-state index is 14.5. The van der Waals surface area contributed by atoms with Crippen LogP contribution in [0.25, 0.3) is 22.4 Å². The van der Waals surface area contributed by atoms with E-state index >= 15 is 0 Å². The molecule has 12 heteroatoms. The Hall–Kier alpha value is -3.93. The van der Waals surface area contributed by atoms with Crippen LogP contribution < -0.4 is 10.1 Å². The van der Waals surface area contributed by atoms with E-state index in [1.807, 2.05) is 5.32 Å². The minimum Gasteiger partial charge on any atom is -0.468 e. The molecule has 9 nitrogen and oxygen atoms in total. The van der Waals surface area contributed by atoms with Crippen LogP contribution in [-0.2, 0) is 10.6 Å². The van der Waals surface area contributed by atoms with E-state index < -0.39 is 23.9 Å². The van der Waals surface area contributed by atoms with Gasteiger partial charge in [0.15, 0.2) is 5.82 Å². The Kier molecular flexibility index (Phi) is 5.54. The van der Waals surface area contributed by atoms with Crippen molar-refractivity contribution in [1.82, 2.24) is 30.0 Å². The molecule has 0 aliphatic rings. The average Bonchev–Trinajstić information content (AvgIpc) is 3.40. The van der Waals surface area contributed by atoms with Crippen molar-refractivity contribution in [1.29, 1.82) is 0 Å². The third-order valence-electron chi connectivity index (χ3n) is 4.98. The van der Waals surface area contributed by atoms with Gasteiger partial charge in [0.05, 0.1) is 18.1 Å². The summed E-state index contributed by atoms with van der Waals surface area (Å²) >= 11 is 0. The fraction of sp³-hybridized carbons (Fsp3) is 0.238. The smallest absolute Gasteiger partial charge is 0.459 e. The van der Waals surface area contributed by atoms with Gasteiger partial charge < -0.3 is 9.47 Å². The van der Waals surface area contributed by atoms with E-state index in [0.29, 0.717) is 21.8 Å². The molecular formula is C21H19F3N6O3. The van der Waals surface area contributed by atoms with Crippen molar-refractivity contribution < 1.29 is 27.4 Å². The zero-order valence-corrected chi connectivity index (χ0v) is 17.8. The van der Waals surface area contributed by atoms with Crippen LogP contribution in [0, 0.1) is 6.92 Å². The standard InChI is InChI=1S/C21H19F3N6O3/c1-12-25-17(29-28-12)14-9-10-16-15(11-14)26-19(32-2)30(16)21(33-3,20(22,23)24)27-18(31)13-7-5-4-6-8-13/h4-11H,1-3H3,(H,27,31)(H,25,28,29). The van der Waals surface area contributed by atoms with Crippen molar-refractivity contribution >= 4 is 16.9 Å². The number of amides is 1. The van der Waals surface area contributed by atoms with Gasteiger partial charge in [-0.1, -0.05) is 18.2 Å². The van der Waals surface area contributed by atoms with Crippen LogP contribution in [0.1, 0.15) is 16.2 Å². The van der Waals surface area contributed by atoms with Crippen molar-refractivity contribution in [3.8, 4) is 17.4 Å². The van der Waals surface area contributed by atoms with Crippen LogP contribution >= 0.6 is 0 Å². The first-order valence-electron chi connectivity index (χ1n) is 9.66. The van der Waals surface area contributed by atoms with Gasteiger partial charge in [-0.25, -0.2) is 9.55 Å². The lowest BCUT2D eigenvalue weighted by Crippen LogP contribution is -2.61. The number of carbonyl (C=O) groups is 1. The van der Waals surface area contributed by atoms with E-state index in [-0.39, 0.29) is 16.6 Å². The molecule has 4 aromatic rings. The van der Waals surface area contributed by atoms with Gasteiger partial charge >= 0.3 is 18.0 Å². The summed E-state index contributed by atoms with van der Waals surface area (Å²) in [5, 5.41) is 8.74. The van der Waals surface area contributed by atoms with E-state index in [9.17, 15) is 18.0 Å². The SMILES string of the molecule is COc1nc2cc(-c3n[nH]c(C)n3)ccc2n1C(NC(=O)c1ccccc1)(OC)C(F)(F)F. The van der Waals surface area contributed by atoms with Crippen LogP contribution in [0.3, 0.4) is 0 Å². The molecule has 4 rings (SSSR count). The highest BCUT2D eigenvalue weighted by Crippen LogP contribution is 2.41. The second-order valence-corrected chi connectivity index (χ2v) is 7.05. The topological polar surface area (TPSA) is 107 Å². The fourth-order valence-electron chi connectivity index (χ4n) is 3.44. The summed E-state index contributed by atoms with van der Waals surface area (Å²) in [4.78, 5) is 21.1. The third-order valence-corrected chi connectivity index (χ3v) is 4.98. The number of hydrogen-bond donors (Lipinski definition) is 2. The van der Waals surface area contributed by atoms with Crippen LogP contribution in [-0.4, -0.2) is 51.0 Å². The van der Waals surface area contributed by atoms with Gasteiger partial charge in [-0.15, -0.1) is 0 Å².